The van der Waals surface area contributed by atoms with Crippen LogP contribution in [-0.4, -0.2) is 29.1 Å². The molecular weight excluding hydrogens is 440 g/mol. The lowest BCUT2D eigenvalue weighted by Gasteiger charge is -2.10. The molecule has 29 heavy (non-hydrogen) atoms. The predicted octanol–water partition coefficient (Wildman–Crippen LogP) is 5.04. The number of hydrogen-bond acceptors (Lipinski definition) is 6. The van der Waals surface area contributed by atoms with Gasteiger partial charge >= 0.3 is 0 Å². The molecule has 8 heteroatoms. The summed E-state index contributed by atoms with van der Waals surface area (Å²) in [5.74, 6) is 1.40. The van der Waals surface area contributed by atoms with Crippen molar-refractivity contribution >= 4 is 27.3 Å². The SMILES string of the molecule is O=[N+]([O-])c1ccc(/C(=N\O)c2ccc(OCCOc3cccc(Br)c3)cc2)cc1. The summed E-state index contributed by atoms with van der Waals surface area (Å²) in [4.78, 5) is 10.3. The van der Waals surface area contributed by atoms with E-state index >= 15 is 0 Å². The Hall–Kier alpha value is -3.39. The highest BCUT2D eigenvalue weighted by atomic mass is 79.9. The lowest BCUT2D eigenvalue weighted by Crippen LogP contribution is -2.09. The molecule has 0 aliphatic heterocycles. The van der Waals surface area contributed by atoms with Gasteiger partial charge in [-0.15, -0.1) is 0 Å². The van der Waals surface area contributed by atoms with E-state index in [2.05, 4.69) is 21.1 Å². The van der Waals surface area contributed by atoms with Gasteiger partial charge in [-0.25, -0.2) is 0 Å². The van der Waals surface area contributed by atoms with Gasteiger partial charge in [0.2, 0.25) is 0 Å². The zero-order valence-electron chi connectivity index (χ0n) is 15.2. The predicted molar refractivity (Wildman–Crippen MR) is 112 cm³/mol. The van der Waals surface area contributed by atoms with E-state index in [-0.39, 0.29) is 5.69 Å². The Morgan fingerprint density at radius 1 is 0.931 bits per heavy atom. The van der Waals surface area contributed by atoms with Gasteiger partial charge in [0, 0.05) is 27.7 Å². The summed E-state index contributed by atoms with van der Waals surface area (Å²) >= 11 is 3.39. The second kappa shape index (κ2) is 9.70. The molecule has 0 unspecified atom stereocenters. The van der Waals surface area contributed by atoms with E-state index in [1.54, 1.807) is 24.3 Å². The average Bonchev–Trinajstić information content (AvgIpc) is 2.73. The van der Waals surface area contributed by atoms with Gasteiger partial charge < -0.3 is 14.7 Å². The van der Waals surface area contributed by atoms with Crippen molar-refractivity contribution in [3.05, 3.63) is 98.5 Å². The molecule has 0 aliphatic carbocycles. The number of nitro groups is 1. The van der Waals surface area contributed by atoms with E-state index in [1.807, 2.05) is 24.3 Å². The van der Waals surface area contributed by atoms with E-state index in [1.165, 1.54) is 24.3 Å². The van der Waals surface area contributed by atoms with Gasteiger partial charge in [-0.1, -0.05) is 27.2 Å². The standard InChI is InChI=1S/C21H17BrN2O5/c22-17-2-1-3-20(14-17)29-13-12-28-19-10-6-16(7-11-19)21(23-25)15-4-8-18(9-5-15)24(26)27/h1-11,14,25H,12-13H2/b23-21+. The number of nitro benzene ring substituents is 1. The largest absolute Gasteiger partial charge is 0.490 e. The van der Waals surface area contributed by atoms with Crippen LogP contribution in [0.4, 0.5) is 5.69 Å². The summed E-state index contributed by atoms with van der Waals surface area (Å²) in [6.45, 7) is 0.763. The monoisotopic (exact) mass is 456 g/mol. The van der Waals surface area contributed by atoms with Crippen LogP contribution in [0.25, 0.3) is 0 Å². The Bertz CT molecular complexity index is 1000. The fourth-order valence-corrected chi connectivity index (χ4v) is 2.99. The molecule has 3 aromatic carbocycles. The Kier molecular flexibility index (Phi) is 6.80. The van der Waals surface area contributed by atoms with Crippen LogP contribution in [-0.2, 0) is 0 Å². The third-order valence-corrected chi connectivity index (χ3v) is 4.49. The van der Waals surface area contributed by atoms with Crippen LogP contribution in [0.1, 0.15) is 11.1 Å². The molecule has 0 heterocycles. The minimum absolute atomic E-state index is 0.0279. The number of nitrogens with zero attached hydrogens (tertiary/aromatic N) is 2. The smallest absolute Gasteiger partial charge is 0.269 e. The number of benzene rings is 3. The first-order valence-electron chi connectivity index (χ1n) is 8.65. The molecule has 3 aromatic rings. The molecule has 3 rings (SSSR count). The lowest BCUT2D eigenvalue weighted by molar-refractivity contribution is -0.384. The minimum atomic E-state index is -0.480. The molecule has 0 saturated carbocycles. The molecule has 0 saturated heterocycles. The molecule has 7 nitrogen and oxygen atoms in total. The molecule has 0 aromatic heterocycles. The second-order valence-electron chi connectivity index (χ2n) is 5.93. The Morgan fingerprint density at radius 3 is 2.07 bits per heavy atom. The van der Waals surface area contributed by atoms with Gasteiger partial charge in [-0.3, -0.25) is 10.1 Å². The quantitative estimate of drug-likeness (QED) is 0.168. The molecule has 0 atom stereocenters. The van der Waals surface area contributed by atoms with E-state index in [0.717, 1.165) is 10.2 Å². The molecule has 0 bridgehead atoms. The maximum atomic E-state index is 10.8. The van der Waals surface area contributed by atoms with Gasteiger partial charge in [0.1, 0.15) is 30.4 Å². The highest BCUT2D eigenvalue weighted by Crippen LogP contribution is 2.20. The Labute approximate surface area is 175 Å². The lowest BCUT2D eigenvalue weighted by atomic mass is 10.0. The highest BCUT2D eigenvalue weighted by Gasteiger charge is 2.11. The normalized spacial score (nSPS) is 11.1. The maximum Gasteiger partial charge on any atom is 0.269 e. The summed E-state index contributed by atoms with van der Waals surface area (Å²) in [7, 11) is 0. The summed E-state index contributed by atoms with van der Waals surface area (Å²) in [6.07, 6.45) is 0. The van der Waals surface area contributed by atoms with E-state index in [0.29, 0.717) is 35.8 Å². The maximum absolute atomic E-state index is 10.8. The van der Waals surface area contributed by atoms with Crippen molar-refractivity contribution in [1.29, 1.82) is 0 Å². The summed E-state index contributed by atoms with van der Waals surface area (Å²) in [5, 5.41) is 23.5. The summed E-state index contributed by atoms with van der Waals surface area (Å²) in [5.41, 5.74) is 1.50. The number of halogens is 1. The number of ether oxygens (including phenoxy) is 2. The van der Waals surface area contributed by atoms with Gasteiger partial charge in [0.25, 0.3) is 5.69 Å². The number of non-ortho nitro benzene ring substituents is 1. The fourth-order valence-electron chi connectivity index (χ4n) is 2.61. The first-order chi connectivity index (χ1) is 14.1. The van der Waals surface area contributed by atoms with Crippen LogP contribution in [0.2, 0.25) is 0 Å². The number of rotatable bonds is 8. The molecule has 0 amide bonds. The van der Waals surface area contributed by atoms with Crippen LogP contribution in [0.3, 0.4) is 0 Å². The zero-order valence-corrected chi connectivity index (χ0v) is 16.8. The van der Waals surface area contributed by atoms with E-state index in [4.69, 9.17) is 9.47 Å². The topological polar surface area (TPSA) is 94.2 Å². The molecule has 0 fully saturated rings. The fraction of sp³-hybridized carbons (Fsp3) is 0.0952. The van der Waals surface area contributed by atoms with Crippen molar-refractivity contribution in [1.82, 2.24) is 0 Å². The van der Waals surface area contributed by atoms with Crippen molar-refractivity contribution in [2.75, 3.05) is 13.2 Å². The summed E-state index contributed by atoms with van der Waals surface area (Å²) in [6, 6.07) is 20.4. The van der Waals surface area contributed by atoms with E-state index < -0.39 is 4.92 Å². The average molecular weight is 457 g/mol. The molecule has 0 aliphatic rings. The van der Waals surface area contributed by atoms with Gasteiger partial charge in [-0.05, 0) is 54.6 Å². The first kappa shape index (κ1) is 20.3. The number of oxime groups is 1. The first-order valence-corrected chi connectivity index (χ1v) is 9.44. The Morgan fingerprint density at radius 2 is 1.52 bits per heavy atom. The van der Waals surface area contributed by atoms with Crippen molar-refractivity contribution in [3.63, 3.8) is 0 Å². The molecule has 0 spiro atoms. The van der Waals surface area contributed by atoms with Crippen LogP contribution < -0.4 is 9.47 Å². The van der Waals surface area contributed by atoms with Crippen LogP contribution in [0.5, 0.6) is 11.5 Å². The highest BCUT2D eigenvalue weighted by molar-refractivity contribution is 9.10. The van der Waals surface area contributed by atoms with Crippen molar-refractivity contribution in [3.8, 4) is 11.5 Å². The van der Waals surface area contributed by atoms with E-state index in [9.17, 15) is 15.3 Å². The molecular formula is C21H17BrN2O5. The van der Waals surface area contributed by atoms with Gasteiger partial charge in [0.15, 0.2) is 0 Å². The van der Waals surface area contributed by atoms with Gasteiger partial charge in [-0.2, -0.15) is 0 Å². The Balaban J connectivity index is 1.57. The summed E-state index contributed by atoms with van der Waals surface area (Å²) < 4.78 is 12.2. The third-order valence-electron chi connectivity index (χ3n) is 4.00. The van der Waals surface area contributed by atoms with Crippen LogP contribution >= 0.6 is 15.9 Å². The third kappa shape index (κ3) is 5.55. The van der Waals surface area contributed by atoms with Crippen LogP contribution in [0, 0.1) is 10.1 Å². The van der Waals surface area contributed by atoms with Gasteiger partial charge in [0.05, 0.1) is 4.92 Å². The van der Waals surface area contributed by atoms with Crippen LogP contribution in [0.15, 0.2) is 82.4 Å². The second-order valence-corrected chi connectivity index (χ2v) is 6.85. The molecule has 1 N–H and O–H groups in total. The van der Waals surface area contributed by atoms with Crippen molar-refractivity contribution in [2.24, 2.45) is 5.16 Å². The number of hydrogen-bond donors (Lipinski definition) is 1. The molecule has 0 radical (unpaired) electrons. The minimum Gasteiger partial charge on any atom is -0.490 e. The zero-order chi connectivity index (χ0) is 20.6. The molecule has 148 valence electrons. The van der Waals surface area contributed by atoms with Crippen molar-refractivity contribution < 1.29 is 19.6 Å². The van der Waals surface area contributed by atoms with Crippen molar-refractivity contribution in [2.45, 2.75) is 0 Å².